The van der Waals surface area contributed by atoms with Crippen LogP contribution in [0.25, 0.3) is 0 Å². The van der Waals surface area contributed by atoms with Crippen molar-refractivity contribution in [3.63, 3.8) is 0 Å². The zero-order valence-corrected chi connectivity index (χ0v) is 12.6. The van der Waals surface area contributed by atoms with Gasteiger partial charge in [0.15, 0.2) is 0 Å². The molecule has 1 rings (SSSR count). The zero-order chi connectivity index (χ0) is 15.4. The molecule has 9 heteroatoms. The van der Waals surface area contributed by atoms with Crippen LogP contribution < -0.4 is 4.72 Å². The van der Waals surface area contributed by atoms with Gasteiger partial charge in [0.2, 0.25) is 10.0 Å². The van der Waals surface area contributed by atoms with Crippen LogP contribution in [0.4, 0.5) is 0 Å². The minimum atomic E-state index is -3.37. The fourth-order valence-corrected chi connectivity index (χ4v) is 2.73. The molecule has 0 fully saturated rings. The lowest BCUT2D eigenvalue weighted by Crippen LogP contribution is -2.28. The molecule has 2 N–H and O–H groups in total. The summed E-state index contributed by atoms with van der Waals surface area (Å²) in [6.45, 7) is 5.62. The Hall–Kier alpha value is -1.48. The molecule has 0 amide bonds. The Kier molecular flexibility index (Phi) is 5.23. The van der Waals surface area contributed by atoms with Gasteiger partial charge in [0.05, 0.1) is 24.2 Å². The lowest BCUT2D eigenvalue weighted by atomic mass is 9.94. The van der Waals surface area contributed by atoms with Gasteiger partial charge in [-0.1, -0.05) is 26.0 Å². The van der Waals surface area contributed by atoms with E-state index in [0.717, 1.165) is 4.68 Å². The molecule has 20 heavy (non-hydrogen) atoms. The SMILES string of the molecule is CC(C)(C)CCS(=O)(=O)NCc1cn(CC(=O)O)nn1. The van der Waals surface area contributed by atoms with Gasteiger partial charge in [0.25, 0.3) is 0 Å². The minimum Gasteiger partial charge on any atom is -0.480 e. The van der Waals surface area contributed by atoms with Gasteiger partial charge >= 0.3 is 5.97 Å². The van der Waals surface area contributed by atoms with E-state index in [1.807, 2.05) is 20.8 Å². The first-order valence-electron chi connectivity index (χ1n) is 6.15. The topological polar surface area (TPSA) is 114 Å². The van der Waals surface area contributed by atoms with E-state index in [1.165, 1.54) is 6.20 Å². The molecule has 1 aromatic heterocycles. The number of nitrogens with one attached hydrogen (secondary N) is 1. The highest BCUT2D eigenvalue weighted by Gasteiger charge is 2.17. The Morgan fingerprint density at radius 3 is 2.65 bits per heavy atom. The minimum absolute atomic E-state index is 0.00605. The van der Waals surface area contributed by atoms with Crippen LogP contribution in [-0.4, -0.2) is 40.2 Å². The van der Waals surface area contributed by atoms with E-state index in [2.05, 4.69) is 15.0 Å². The summed E-state index contributed by atoms with van der Waals surface area (Å²) in [4.78, 5) is 10.5. The average Bonchev–Trinajstić information content (AvgIpc) is 2.70. The monoisotopic (exact) mass is 304 g/mol. The fourth-order valence-electron chi connectivity index (χ4n) is 1.33. The second kappa shape index (κ2) is 6.31. The largest absolute Gasteiger partial charge is 0.480 e. The molecule has 0 aliphatic rings. The third-order valence-corrected chi connectivity index (χ3v) is 3.80. The van der Waals surface area contributed by atoms with Crippen molar-refractivity contribution in [2.75, 3.05) is 5.75 Å². The fraction of sp³-hybridized carbons (Fsp3) is 0.727. The summed E-state index contributed by atoms with van der Waals surface area (Å²) in [5.74, 6) is -0.994. The van der Waals surface area contributed by atoms with Crippen LogP contribution >= 0.6 is 0 Å². The quantitative estimate of drug-likeness (QED) is 0.744. The van der Waals surface area contributed by atoms with Crippen molar-refractivity contribution in [3.05, 3.63) is 11.9 Å². The normalized spacial score (nSPS) is 12.6. The van der Waals surface area contributed by atoms with E-state index in [1.54, 1.807) is 0 Å². The molecule has 0 saturated heterocycles. The van der Waals surface area contributed by atoms with E-state index in [9.17, 15) is 13.2 Å². The Balaban J connectivity index is 2.49. The number of hydrogen-bond donors (Lipinski definition) is 2. The van der Waals surface area contributed by atoms with Crippen molar-refractivity contribution in [3.8, 4) is 0 Å². The Morgan fingerprint density at radius 1 is 1.45 bits per heavy atom. The molecule has 0 unspecified atom stereocenters. The van der Waals surface area contributed by atoms with E-state index >= 15 is 0 Å². The van der Waals surface area contributed by atoms with Crippen LogP contribution in [0.5, 0.6) is 0 Å². The predicted molar refractivity (Wildman–Crippen MR) is 72.4 cm³/mol. The molecule has 1 heterocycles. The molecule has 0 aromatic carbocycles. The lowest BCUT2D eigenvalue weighted by molar-refractivity contribution is -0.137. The molecular weight excluding hydrogens is 284 g/mol. The van der Waals surface area contributed by atoms with E-state index in [4.69, 9.17) is 5.11 Å². The maximum atomic E-state index is 11.8. The van der Waals surface area contributed by atoms with Gasteiger partial charge in [0.1, 0.15) is 6.54 Å². The summed E-state index contributed by atoms with van der Waals surface area (Å²) in [6.07, 6.45) is 1.95. The van der Waals surface area contributed by atoms with Gasteiger partial charge in [-0.3, -0.25) is 4.79 Å². The number of rotatable bonds is 7. The van der Waals surface area contributed by atoms with Crippen LogP contribution in [0.3, 0.4) is 0 Å². The summed E-state index contributed by atoms with van der Waals surface area (Å²) in [7, 11) is -3.37. The maximum Gasteiger partial charge on any atom is 0.325 e. The van der Waals surface area contributed by atoms with Gasteiger partial charge in [0, 0.05) is 0 Å². The highest BCUT2D eigenvalue weighted by molar-refractivity contribution is 7.89. The summed E-state index contributed by atoms with van der Waals surface area (Å²) >= 11 is 0. The van der Waals surface area contributed by atoms with Gasteiger partial charge in [-0.2, -0.15) is 0 Å². The molecule has 0 bridgehead atoms. The number of aromatic nitrogens is 3. The van der Waals surface area contributed by atoms with Gasteiger partial charge in [-0.05, 0) is 11.8 Å². The highest BCUT2D eigenvalue weighted by atomic mass is 32.2. The lowest BCUT2D eigenvalue weighted by Gasteiger charge is -2.17. The van der Waals surface area contributed by atoms with Crippen molar-refractivity contribution in [1.82, 2.24) is 19.7 Å². The molecule has 0 atom stereocenters. The molecule has 1 aromatic rings. The zero-order valence-electron chi connectivity index (χ0n) is 11.8. The Morgan fingerprint density at radius 2 is 2.10 bits per heavy atom. The number of hydrogen-bond acceptors (Lipinski definition) is 5. The van der Waals surface area contributed by atoms with E-state index < -0.39 is 16.0 Å². The van der Waals surface area contributed by atoms with Crippen molar-refractivity contribution in [1.29, 1.82) is 0 Å². The van der Waals surface area contributed by atoms with Gasteiger partial charge in [-0.25, -0.2) is 17.8 Å². The Bertz CT molecular complexity index is 559. The number of carbonyl (C=O) groups is 1. The number of carboxylic acids is 1. The predicted octanol–water partition coefficient (Wildman–Crippen LogP) is 0.218. The summed E-state index contributed by atoms with van der Waals surface area (Å²) < 4.78 is 27.1. The Labute approximate surface area is 118 Å². The molecule has 0 radical (unpaired) electrons. The van der Waals surface area contributed by atoms with E-state index in [0.29, 0.717) is 12.1 Å². The summed E-state index contributed by atoms with van der Waals surface area (Å²) in [5, 5.41) is 15.9. The molecule has 0 aliphatic heterocycles. The van der Waals surface area contributed by atoms with Gasteiger partial charge < -0.3 is 5.11 Å². The van der Waals surface area contributed by atoms with Crippen LogP contribution in [0.1, 0.15) is 32.9 Å². The number of aliphatic carboxylic acids is 1. The van der Waals surface area contributed by atoms with Crippen LogP contribution in [-0.2, 0) is 27.9 Å². The number of sulfonamides is 1. The molecular formula is C11H20N4O4S. The van der Waals surface area contributed by atoms with Crippen molar-refractivity contribution in [2.24, 2.45) is 5.41 Å². The summed E-state index contributed by atoms with van der Waals surface area (Å²) in [5.41, 5.74) is 0.324. The van der Waals surface area contributed by atoms with Crippen molar-refractivity contribution >= 4 is 16.0 Å². The third-order valence-electron chi connectivity index (χ3n) is 2.48. The third kappa shape index (κ3) is 6.62. The highest BCUT2D eigenvalue weighted by Crippen LogP contribution is 2.18. The maximum absolute atomic E-state index is 11.8. The van der Waals surface area contributed by atoms with Crippen molar-refractivity contribution < 1.29 is 18.3 Å². The van der Waals surface area contributed by atoms with Crippen LogP contribution in [0, 0.1) is 5.41 Å². The first-order chi connectivity index (χ1) is 9.07. The standard InChI is InChI=1S/C11H20N4O4S/c1-11(2,3)4-5-20(18,19)12-6-9-7-15(14-13-9)8-10(16)17/h7,12H,4-6,8H2,1-3H3,(H,16,17). The number of nitrogens with zero attached hydrogens (tertiary/aromatic N) is 3. The molecule has 8 nitrogen and oxygen atoms in total. The van der Waals surface area contributed by atoms with Crippen LogP contribution in [0.15, 0.2) is 6.20 Å². The summed E-state index contributed by atoms with van der Waals surface area (Å²) in [6, 6.07) is 0. The molecule has 0 aliphatic carbocycles. The number of carboxylic acid groups (broad SMARTS) is 1. The second-order valence-corrected chi connectivity index (χ2v) is 7.68. The first-order valence-corrected chi connectivity index (χ1v) is 7.81. The van der Waals surface area contributed by atoms with Crippen LogP contribution in [0.2, 0.25) is 0 Å². The first kappa shape index (κ1) is 16.6. The molecule has 0 spiro atoms. The van der Waals surface area contributed by atoms with E-state index in [-0.39, 0.29) is 24.3 Å². The molecule has 114 valence electrons. The average molecular weight is 304 g/mol. The molecule has 0 saturated carbocycles. The second-order valence-electron chi connectivity index (χ2n) is 5.75. The van der Waals surface area contributed by atoms with Gasteiger partial charge in [-0.15, -0.1) is 5.10 Å². The smallest absolute Gasteiger partial charge is 0.325 e. The van der Waals surface area contributed by atoms with Crippen molar-refractivity contribution in [2.45, 2.75) is 40.3 Å².